The Morgan fingerprint density at radius 2 is 2.17 bits per heavy atom. The van der Waals surface area contributed by atoms with Crippen molar-refractivity contribution in [1.29, 1.82) is 0 Å². The van der Waals surface area contributed by atoms with E-state index in [0.29, 0.717) is 11.5 Å². The van der Waals surface area contributed by atoms with Gasteiger partial charge in [0.2, 0.25) is 0 Å². The third-order valence-electron chi connectivity index (χ3n) is 2.54. The third kappa shape index (κ3) is 6.78. The lowest BCUT2D eigenvalue weighted by Crippen LogP contribution is -2.51. The molecule has 1 amide bonds. The Hall–Kier alpha value is -1.95. The maximum absolute atomic E-state index is 12.0. The Morgan fingerprint density at radius 3 is 2.74 bits per heavy atom. The molecule has 1 saturated heterocycles. The third-order valence-corrected chi connectivity index (χ3v) is 3.42. The van der Waals surface area contributed by atoms with E-state index < -0.39 is 24.9 Å². The molecule has 23 heavy (non-hydrogen) atoms. The number of aliphatic carboxylic acids is 1. The van der Waals surface area contributed by atoms with E-state index in [1.54, 1.807) is 17.5 Å². The van der Waals surface area contributed by atoms with Crippen LogP contribution in [0.4, 0.5) is 0 Å². The van der Waals surface area contributed by atoms with E-state index in [9.17, 15) is 9.82 Å². The molecule has 0 bridgehead atoms. The molecule has 1 unspecified atom stereocenters. The van der Waals surface area contributed by atoms with Gasteiger partial charge in [0.25, 0.3) is 11.9 Å². The van der Waals surface area contributed by atoms with Crippen LogP contribution in [0.5, 0.6) is 0 Å². The minimum atomic E-state index is -1.14. The van der Waals surface area contributed by atoms with Crippen LogP contribution >= 0.6 is 11.3 Å². The maximum Gasteiger partial charge on any atom is 0.480 e. The number of nitrogens with zero attached hydrogens (tertiary/aromatic N) is 1. The number of amides is 1. The summed E-state index contributed by atoms with van der Waals surface area (Å²) in [4.78, 5) is 21.5. The lowest BCUT2D eigenvalue weighted by molar-refractivity contribution is -0.134. The average Bonchev–Trinajstić information content (AvgIpc) is 2.92. The van der Waals surface area contributed by atoms with Crippen molar-refractivity contribution in [3.05, 3.63) is 22.4 Å². The van der Waals surface area contributed by atoms with Gasteiger partial charge >= 0.3 is 7.12 Å². The molecule has 0 spiro atoms. The SMILES string of the molecule is CC(=O)O.O=C(NC1COCCOB1O)/C(=N\O)c1cccs1. The van der Waals surface area contributed by atoms with Gasteiger partial charge in [-0.2, -0.15) is 0 Å². The van der Waals surface area contributed by atoms with Gasteiger partial charge in [0.15, 0.2) is 5.71 Å². The van der Waals surface area contributed by atoms with Crippen LogP contribution in [0.2, 0.25) is 0 Å². The first-order chi connectivity index (χ1) is 11.0. The zero-order chi connectivity index (χ0) is 17.2. The molecule has 0 aliphatic carbocycles. The largest absolute Gasteiger partial charge is 0.481 e. The topological polar surface area (TPSA) is 138 Å². The van der Waals surface area contributed by atoms with Crippen molar-refractivity contribution >= 4 is 36.0 Å². The second-order valence-corrected chi connectivity index (χ2v) is 5.31. The Morgan fingerprint density at radius 1 is 1.48 bits per heavy atom. The van der Waals surface area contributed by atoms with Crippen LogP contribution in [0.1, 0.15) is 11.8 Å². The summed E-state index contributed by atoms with van der Waals surface area (Å²) in [5, 5.41) is 33.3. The van der Waals surface area contributed by atoms with Gasteiger partial charge in [0.1, 0.15) is 0 Å². The minimum absolute atomic E-state index is 0.105. The van der Waals surface area contributed by atoms with Gasteiger partial charge in [0.05, 0.1) is 30.6 Å². The van der Waals surface area contributed by atoms with Crippen molar-refractivity contribution in [2.75, 3.05) is 19.8 Å². The number of thiophene rings is 1. The van der Waals surface area contributed by atoms with Gasteiger partial charge in [-0.05, 0) is 11.4 Å². The highest BCUT2D eigenvalue weighted by Crippen LogP contribution is 2.10. The molecule has 1 aliphatic rings. The molecule has 0 aromatic carbocycles. The number of carbonyl (C=O) groups is 2. The predicted octanol–water partition coefficient (Wildman–Crippen LogP) is -0.431. The molecular formula is C12H17BN2O7S. The summed E-state index contributed by atoms with van der Waals surface area (Å²) in [6.07, 6.45) is 0. The van der Waals surface area contributed by atoms with Crippen LogP contribution in [-0.4, -0.2) is 65.8 Å². The standard InChI is InChI=1S/C10H13BN2O5S.C2H4O2/c14-10(9(13-16)7-2-1-5-19-7)12-8-6-17-3-4-18-11(8)15;1-2(3)4/h1-2,5,8,15-16H,3-4,6H2,(H,12,14);1H3,(H,3,4)/b13-9-;. The van der Waals surface area contributed by atoms with E-state index in [0.717, 1.165) is 6.92 Å². The predicted molar refractivity (Wildman–Crippen MR) is 82.6 cm³/mol. The number of carboxylic acids is 1. The van der Waals surface area contributed by atoms with Crippen molar-refractivity contribution in [1.82, 2.24) is 5.32 Å². The molecule has 0 radical (unpaired) electrons. The Bertz CT molecular complexity index is 534. The fraction of sp³-hybridized carbons (Fsp3) is 0.417. The molecule has 1 aliphatic heterocycles. The molecule has 1 aromatic heterocycles. The number of ether oxygens (including phenoxy) is 1. The number of oxime groups is 1. The highest BCUT2D eigenvalue weighted by Gasteiger charge is 2.32. The number of hydrogen-bond donors (Lipinski definition) is 4. The minimum Gasteiger partial charge on any atom is -0.481 e. The second kappa shape index (κ2) is 9.95. The molecule has 0 saturated carbocycles. The number of carbonyl (C=O) groups excluding carboxylic acids is 1. The second-order valence-electron chi connectivity index (χ2n) is 4.36. The summed E-state index contributed by atoms with van der Waals surface area (Å²) in [6.45, 7) is 1.84. The zero-order valence-electron chi connectivity index (χ0n) is 12.3. The molecule has 2 rings (SSSR count). The Balaban J connectivity index is 0.000000593. The van der Waals surface area contributed by atoms with Gasteiger partial charge in [-0.15, -0.1) is 11.3 Å². The van der Waals surface area contributed by atoms with Crippen LogP contribution in [0, 0.1) is 0 Å². The molecule has 1 fully saturated rings. The smallest absolute Gasteiger partial charge is 0.480 e. The fourth-order valence-electron chi connectivity index (χ4n) is 1.61. The van der Waals surface area contributed by atoms with E-state index in [1.165, 1.54) is 11.3 Å². The highest BCUT2D eigenvalue weighted by atomic mass is 32.1. The fourth-order valence-corrected chi connectivity index (χ4v) is 2.31. The number of rotatable bonds is 3. The van der Waals surface area contributed by atoms with Crippen molar-refractivity contribution < 1.29 is 34.3 Å². The molecule has 1 aromatic rings. The lowest BCUT2D eigenvalue weighted by Gasteiger charge is -2.17. The van der Waals surface area contributed by atoms with Crippen LogP contribution < -0.4 is 5.32 Å². The molecule has 9 nitrogen and oxygen atoms in total. The summed E-state index contributed by atoms with van der Waals surface area (Å²) in [5.41, 5.74) is -0.105. The summed E-state index contributed by atoms with van der Waals surface area (Å²) in [7, 11) is -1.14. The summed E-state index contributed by atoms with van der Waals surface area (Å²) >= 11 is 1.27. The van der Waals surface area contributed by atoms with E-state index in [2.05, 4.69) is 10.5 Å². The monoisotopic (exact) mass is 344 g/mol. The normalized spacial score (nSPS) is 18.4. The van der Waals surface area contributed by atoms with E-state index in [4.69, 9.17) is 24.5 Å². The van der Waals surface area contributed by atoms with Gasteiger partial charge in [-0.25, -0.2) is 0 Å². The summed E-state index contributed by atoms with van der Waals surface area (Å²) in [5.74, 6) is -2.13. The van der Waals surface area contributed by atoms with Crippen LogP contribution in [0.3, 0.4) is 0 Å². The van der Waals surface area contributed by atoms with Crippen molar-refractivity contribution in [2.45, 2.75) is 12.9 Å². The molecule has 2 heterocycles. The number of hydrogen-bond acceptors (Lipinski definition) is 8. The lowest BCUT2D eigenvalue weighted by atomic mass is 9.79. The zero-order valence-corrected chi connectivity index (χ0v) is 13.2. The first-order valence-corrected chi connectivity index (χ1v) is 7.47. The highest BCUT2D eigenvalue weighted by molar-refractivity contribution is 7.13. The van der Waals surface area contributed by atoms with E-state index >= 15 is 0 Å². The Labute approximate surface area is 136 Å². The van der Waals surface area contributed by atoms with E-state index in [-0.39, 0.29) is 18.9 Å². The van der Waals surface area contributed by atoms with Gasteiger partial charge in [-0.3, -0.25) is 9.59 Å². The van der Waals surface area contributed by atoms with Gasteiger partial charge < -0.3 is 30.0 Å². The first-order valence-electron chi connectivity index (χ1n) is 6.59. The summed E-state index contributed by atoms with van der Waals surface area (Å²) < 4.78 is 10.2. The van der Waals surface area contributed by atoms with Crippen molar-refractivity contribution in [3.63, 3.8) is 0 Å². The number of carboxylic acid groups (broad SMARTS) is 1. The molecule has 1 atom stereocenters. The molecule has 126 valence electrons. The maximum atomic E-state index is 12.0. The first kappa shape index (κ1) is 19.1. The van der Waals surface area contributed by atoms with Crippen LogP contribution in [0.25, 0.3) is 0 Å². The number of nitrogens with one attached hydrogen (secondary N) is 1. The van der Waals surface area contributed by atoms with Gasteiger partial charge in [0, 0.05) is 6.92 Å². The van der Waals surface area contributed by atoms with Crippen molar-refractivity contribution in [3.8, 4) is 0 Å². The quantitative estimate of drug-likeness (QED) is 0.253. The van der Waals surface area contributed by atoms with Gasteiger partial charge in [-0.1, -0.05) is 11.2 Å². The van der Waals surface area contributed by atoms with E-state index in [1.807, 2.05) is 0 Å². The van der Waals surface area contributed by atoms with Crippen LogP contribution in [-0.2, 0) is 19.0 Å². The average molecular weight is 344 g/mol. The Kier molecular flexibility index (Phi) is 8.26. The molecule has 4 N–H and O–H groups in total. The molecular weight excluding hydrogens is 327 g/mol. The van der Waals surface area contributed by atoms with Crippen molar-refractivity contribution in [2.24, 2.45) is 5.16 Å². The molecule has 11 heteroatoms. The van der Waals surface area contributed by atoms with Crippen LogP contribution in [0.15, 0.2) is 22.7 Å². The summed E-state index contributed by atoms with van der Waals surface area (Å²) in [6, 6.07) is 3.40.